The van der Waals surface area contributed by atoms with Crippen molar-refractivity contribution in [2.75, 3.05) is 39.4 Å². The fourth-order valence-electron chi connectivity index (χ4n) is 21.2. The molecule has 8 aliphatic carbocycles. The fraction of sp³-hybridized carbons (Fsp3) is 0.955. The third kappa shape index (κ3) is 13.3. The van der Waals surface area contributed by atoms with Crippen molar-refractivity contribution in [1.29, 1.82) is 0 Å². The maximum absolute atomic E-state index is 14.4. The van der Waals surface area contributed by atoms with Crippen molar-refractivity contribution in [2.45, 2.75) is 262 Å². The van der Waals surface area contributed by atoms with Crippen LogP contribution in [0.5, 0.6) is 0 Å². The van der Waals surface area contributed by atoms with Gasteiger partial charge in [0, 0.05) is 39.0 Å². The summed E-state index contributed by atoms with van der Waals surface area (Å²) in [6.45, 7) is 12.2. The Balaban J connectivity index is 0.796. The third-order valence-corrected chi connectivity index (χ3v) is 26.5. The number of aliphatic hydroxyl groups excluding tert-OH is 14. The van der Waals surface area contributed by atoms with Crippen LogP contribution in [-0.4, -0.2) is 225 Å². The molecule has 0 aromatic heterocycles. The predicted octanol–water partition coefficient (Wildman–Crippen LogP) is 0.843. The molecule has 31 atom stereocenters. The van der Waals surface area contributed by atoms with Crippen molar-refractivity contribution in [2.24, 2.45) is 92.7 Å². The highest BCUT2D eigenvalue weighted by Crippen LogP contribution is 2.70. The summed E-state index contributed by atoms with van der Waals surface area (Å²) in [5, 5.41) is 158. The minimum atomic E-state index is -2.27. The van der Waals surface area contributed by atoms with Crippen LogP contribution in [0.4, 0.5) is 0 Å². The maximum Gasteiger partial charge on any atom is 0.251 e. The van der Waals surface area contributed by atoms with E-state index in [1.54, 1.807) is 4.90 Å². The molecule has 0 spiro atoms. The minimum absolute atomic E-state index is 0.0243. The Morgan fingerprint density at radius 2 is 1.09 bits per heavy atom. The third-order valence-electron chi connectivity index (χ3n) is 26.5. The van der Waals surface area contributed by atoms with E-state index in [0.717, 1.165) is 51.4 Å². The number of rotatable bonds is 24. The number of nitrogens with zero attached hydrogens (tertiary/aromatic N) is 1. The van der Waals surface area contributed by atoms with Crippen molar-refractivity contribution in [3.63, 3.8) is 0 Å². The van der Waals surface area contributed by atoms with Gasteiger partial charge in [0.05, 0.1) is 49.8 Å². The molecule has 1 heterocycles. The van der Waals surface area contributed by atoms with Crippen molar-refractivity contribution in [1.82, 2.24) is 15.5 Å². The smallest absolute Gasteiger partial charge is 0.251 e. The summed E-state index contributed by atoms with van der Waals surface area (Å²) in [7, 11) is 0. The molecule has 1 unspecified atom stereocenters. The number of carbonyl (C=O) groups excluding carboxylic acids is 3. The summed E-state index contributed by atoms with van der Waals surface area (Å²) in [6.07, 6.45) is -7.03. The molecule has 0 bridgehead atoms. The lowest BCUT2D eigenvalue weighted by Gasteiger charge is -2.63. The van der Waals surface area contributed by atoms with Crippen LogP contribution in [-0.2, 0) is 23.9 Å². The zero-order valence-electron chi connectivity index (χ0n) is 53.2. The van der Waals surface area contributed by atoms with Crippen molar-refractivity contribution in [3.8, 4) is 0 Å². The van der Waals surface area contributed by atoms with Crippen molar-refractivity contribution in [3.05, 3.63) is 0 Å². The molecule has 22 nitrogen and oxygen atoms in total. The predicted molar refractivity (Wildman–Crippen MR) is 320 cm³/mol. The highest BCUT2D eigenvalue weighted by Gasteiger charge is 2.68. The average Bonchev–Trinajstić information content (AvgIpc) is 1.33. The van der Waals surface area contributed by atoms with Crippen LogP contribution in [0.1, 0.15) is 170 Å². The van der Waals surface area contributed by atoms with Crippen molar-refractivity contribution >= 4 is 17.7 Å². The molecule has 88 heavy (non-hydrogen) atoms. The Morgan fingerprint density at radius 1 is 0.602 bits per heavy atom. The molecule has 9 rings (SSSR count). The van der Waals surface area contributed by atoms with E-state index in [4.69, 9.17) is 9.47 Å². The lowest BCUT2D eigenvalue weighted by Crippen LogP contribution is -2.62. The summed E-state index contributed by atoms with van der Waals surface area (Å²) in [6, 6.07) is 0. The second-order valence-corrected chi connectivity index (χ2v) is 30.8. The van der Waals surface area contributed by atoms with Crippen LogP contribution < -0.4 is 10.6 Å². The number of ether oxygens (including phenoxy) is 2. The minimum Gasteiger partial charge on any atom is -0.394 e. The second kappa shape index (κ2) is 28.4. The molecule has 0 aromatic rings. The number of fused-ring (bicyclic) bond motifs is 10. The Kier molecular flexibility index (Phi) is 22.6. The molecule has 22 heteroatoms. The summed E-state index contributed by atoms with van der Waals surface area (Å²) >= 11 is 0. The van der Waals surface area contributed by atoms with E-state index in [2.05, 4.69) is 52.2 Å². The average molecular weight is 1250 g/mol. The van der Waals surface area contributed by atoms with Gasteiger partial charge in [-0.15, -0.1) is 0 Å². The lowest BCUT2D eigenvalue weighted by atomic mass is 9.43. The van der Waals surface area contributed by atoms with Gasteiger partial charge in [0.2, 0.25) is 11.8 Å². The normalized spacial score (nSPS) is 45.8. The number of hydrogen-bond donors (Lipinski definition) is 16. The van der Waals surface area contributed by atoms with Gasteiger partial charge in [-0.2, -0.15) is 0 Å². The van der Waals surface area contributed by atoms with E-state index in [-0.39, 0.29) is 151 Å². The van der Waals surface area contributed by atoms with E-state index >= 15 is 0 Å². The zero-order valence-corrected chi connectivity index (χ0v) is 53.2. The van der Waals surface area contributed by atoms with Gasteiger partial charge in [0.15, 0.2) is 12.4 Å². The zero-order chi connectivity index (χ0) is 64.1. The first-order valence-electron chi connectivity index (χ1n) is 34.1. The number of amides is 3. The molecule has 9 fully saturated rings. The largest absolute Gasteiger partial charge is 0.394 e. The van der Waals surface area contributed by atoms with Gasteiger partial charge >= 0.3 is 0 Å². The van der Waals surface area contributed by atoms with Gasteiger partial charge in [-0.1, -0.05) is 41.5 Å². The van der Waals surface area contributed by atoms with E-state index < -0.39 is 109 Å². The van der Waals surface area contributed by atoms with Crippen molar-refractivity contribution < 1.29 is 95.3 Å². The van der Waals surface area contributed by atoms with Crippen LogP contribution in [0.15, 0.2) is 0 Å². The summed E-state index contributed by atoms with van der Waals surface area (Å²) < 4.78 is 10.8. The van der Waals surface area contributed by atoms with Gasteiger partial charge in [0.25, 0.3) is 5.91 Å². The van der Waals surface area contributed by atoms with Gasteiger partial charge in [0.1, 0.15) is 42.7 Å². The summed E-state index contributed by atoms with van der Waals surface area (Å²) in [4.78, 5) is 43.0. The molecular weight excluding hydrogens is 1140 g/mol. The van der Waals surface area contributed by atoms with E-state index in [0.29, 0.717) is 57.8 Å². The van der Waals surface area contributed by atoms with Crippen LogP contribution in [0.2, 0.25) is 0 Å². The number of carbonyl (C=O) groups is 3. The highest BCUT2D eigenvalue weighted by molar-refractivity contribution is 5.81. The first-order valence-corrected chi connectivity index (χ1v) is 34.1. The fourth-order valence-corrected chi connectivity index (χ4v) is 21.2. The first kappa shape index (κ1) is 70.1. The van der Waals surface area contributed by atoms with E-state index in [9.17, 15) is 85.9 Å². The maximum atomic E-state index is 14.4. The van der Waals surface area contributed by atoms with E-state index in [1.807, 2.05) is 0 Å². The van der Waals surface area contributed by atoms with Gasteiger partial charge in [-0.05, 0) is 208 Å². The molecular formula is C66H113N3O19. The van der Waals surface area contributed by atoms with Crippen LogP contribution in [0.25, 0.3) is 0 Å². The number of aliphatic hydroxyl groups is 14. The van der Waals surface area contributed by atoms with Gasteiger partial charge in [-0.25, -0.2) is 0 Å². The molecule has 1 aliphatic heterocycles. The molecule has 506 valence electrons. The highest BCUT2D eigenvalue weighted by atomic mass is 16.7. The molecule has 0 aromatic carbocycles. The monoisotopic (exact) mass is 1250 g/mol. The standard InChI is InChI=1S/C66H113N3O19/c1-33(39-11-13-41-53-43(29-49(77)65(39,41)5)63(3)19-17-37(72)25-35(63)27-45(53)74)9-15-51(79)67-21-7-23-69(24-8-22-68-61(86)58(84)57(83)60(47(76)31-70)88-62-59(85)56(82)55(81)48(32-71)87-62)52(80)16-10-34(2)40-12-14-42-54-44(30-50(78)66(40,42)6)64(4)20-18-38(73)26-36(64)28-46(54)75/h33-50,53-60,62,70-78,81-85H,7-32H2,1-6H3,(H,67,79)(H,68,86)/t33?,34-,35+,36+,37+,38+,39+,40+,41+,42+,43+,44-,45+,46+,47+,48+,49+,50-,53+,54-,55-,56-,57-,58-,59+,60+,62-,63+,64+,65-,66-/m1/s1. The lowest BCUT2D eigenvalue weighted by molar-refractivity contribution is -0.326. The Labute approximate surface area is 520 Å². The van der Waals surface area contributed by atoms with Crippen LogP contribution in [0, 0.1) is 92.7 Å². The quantitative estimate of drug-likeness (QED) is 0.0596. The second-order valence-electron chi connectivity index (χ2n) is 30.8. The van der Waals surface area contributed by atoms with E-state index in [1.165, 1.54) is 0 Å². The molecule has 1 saturated heterocycles. The SMILES string of the molecule is CC(CCC(=O)NCCCN(CCCNC(=O)[C@H](O)[C@@H](O)[C@@H](O[C@H]1O[C@@H](CO)[C@@H](O)[C@@H](O)[C@@H]1O)[C@@H](O)CO)C(=O)CC[C@@H](C)[C@@H]1CC[C@H]2[C@@H]3[C@@H](C[C@@H](O)[C@@]21C)[C@@]1(C)CC[C@H](O)C[C@H]1C[C@@H]3O)[C@@H]1CC[C@H]2[C@@H]3[C@@H](O)C[C@@H]4C[C@@H](O)CC[C@]4(C)[C@H]3C[C@H](O)[C@]12C. The van der Waals surface area contributed by atoms with Gasteiger partial charge in [-0.3, -0.25) is 14.4 Å². The molecule has 9 aliphatic rings. The van der Waals surface area contributed by atoms with Gasteiger partial charge < -0.3 is 96.5 Å². The molecule has 16 N–H and O–H groups in total. The molecule has 0 radical (unpaired) electrons. The Bertz CT molecular complexity index is 2340. The van der Waals surface area contributed by atoms with Crippen LogP contribution in [0.3, 0.4) is 0 Å². The van der Waals surface area contributed by atoms with Crippen LogP contribution >= 0.6 is 0 Å². The Hall–Kier alpha value is -2.23. The Morgan fingerprint density at radius 3 is 1.58 bits per heavy atom. The number of hydrogen-bond acceptors (Lipinski definition) is 19. The summed E-state index contributed by atoms with van der Waals surface area (Å²) in [5.41, 5.74) is -0.940. The molecule has 8 saturated carbocycles. The summed E-state index contributed by atoms with van der Waals surface area (Å²) in [5.74, 6) is 0.317. The topological polar surface area (TPSA) is 380 Å². The first-order chi connectivity index (χ1) is 41.6. The number of nitrogens with one attached hydrogen (secondary N) is 2. The molecule has 3 amide bonds.